The molecule has 5 heteroatoms. The first-order valence-electron chi connectivity index (χ1n) is 7.21. The molecular formula is C16H21FN2O2. The van der Waals surface area contributed by atoms with Crippen LogP contribution >= 0.6 is 0 Å². The fraction of sp³-hybridized carbons (Fsp3) is 0.500. The predicted octanol–water partition coefficient (Wildman–Crippen LogP) is 2.12. The maximum Gasteiger partial charge on any atom is 0.253 e. The summed E-state index contributed by atoms with van der Waals surface area (Å²) in [4.78, 5) is 26.1. The number of carbonyl (C=O) groups excluding carboxylic acids is 2. The Morgan fingerprint density at radius 2 is 2.14 bits per heavy atom. The Bertz CT molecular complexity index is 573. The minimum Gasteiger partial charge on any atom is -0.356 e. The molecule has 1 fully saturated rings. The Morgan fingerprint density at radius 1 is 1.43 bits per heavy atom. The van der Waals surface area contributed by atoms with Gasteiger partial charge in [0, 0.05) is 25.2 Å². The molecule has 1 aromatic rings. The molecule has 1 aliphatic rings. The van der Waals surface area contributed by atoms with E-state index >= 15 is 0 Å². The zero-order valence-electron chi connectivity index (χ0n) is 12.7. The highest BCUT2D eigenvalue weighted by Crippen LogP contribution is 2.31. The largest absolute Gasteiger partial charge is 0.356 e. The average molecular weight is 292 g/mol. The lowest BCUT2D eigenvalue weighted by Crippen LogP contribution is -2.41. The molecule has 0 saturated carbocycles. The van der Waals surface area contributed by atoms with Crippen LogP contribution in [0.3, 0.4) is 0 Å². The number of hydrogen-bond donors (Lipinski definition) is 1. The number of hydrogen-bond acceptors (Lipinski definition) is 2. The van der Waals surface area contributed by atoms with Crippen molar-refractivity contribution in [3.8, 4) is 0 Å². The third kappa shape index (κ3) is 3.06. The lowest BCUT2D eigenvalue weighted by Gasteiger charge is -2.23. The second-order valence-electron chi connectivity index (χ2n) is 5.86. The topological polar surface area (TPSA) is 49.4 Å². The van der Waals surface area contributed by atoms with E-state index in [0.717, 1.165) is 0 Å². The number of carbonyl (C=O) groups is 2. The molecule has 0 aromatic heterocycles. The first kappa shape index (κ1) is 15.5. The molecule has 1 aliphatic heterocycles. The molecule has 4 nitrogen and oxygen atoms in total. The van der Waals surface area contributed by atoms with Crippen LogP contribution in [0.15, 0.2) is 18.2 Å². The highest BCUT2D eigenvalue weighted by molar-refractivity contribution is 5.95. The van der Waals surface area contributed by atoms with Gasteiger partial charge < -0.3 is 10.2 Å². The highest BCUT2D eigenvalue weighted by Gasteiger charge is 2.41. The van der Waals surface area contributed by atoms with Crippen LogP contribution in [-0.4, -0.2) is 36.3 Å². The van der Waals surface area contributed by atoms with E-state index in [0.29, 0.717) is 37.2 Å². The van der Waals surface area contributed by atoms with Crippen LogP contribution in [0.1, 0.15) is 36.2 Å². The number of amides is 2. The van der Waals surface area contributed by atoms with E-state index in [2.05, 4.69) is 5.32 Å². The fourth-order valence-corrected chi connectivity index (χ4v) is 2.60. The van der Waals surface area contributed by atoms with Crippen LogP contribution in [-0.2, 0) is 4.79 Å². The lowest BCUT2D eigenvalue weighted by atomic mass is 9.89. The van der Waals surface area contributed by atoms with Crippen molar-refractivity contribution in [2.24, 2.45) is 5.41 Å². The van der Waals surface area contributed by atoms with Crippen molar-refractivity contribution in [3.05, 3.63) is 35.1 Å². The fourth-order valence-electron chi connectivity index (χ4n) is 2.60. The van der Waals surface area contributed by atoms with Crippen molar-refractivity contribution in [1.29, 1.82) is 0 Å². The van der Waals surface area contributed by atoms with Crippen molar-refractivity contribution in [2.75, 3.05) is 19.6 Å². The SMILES string of the molecule is CCNC(=O)C1(C)CCN(C(=O)c2ccc(C)c(F)c2)C1. The van der Waals surface area contributed by atoms with Crippen molar-refractivity contribution in [1.82, 2.24) is 10.2 Å². The van der Waals surface area contributed by atoms with Gasteiger partial charge in [0.25, 0.3) is 5.91 Å². The Balaban J connectivity index is 2.12. The second-order valence-corrected chi connectivity index (χ2v) is 5.86. The van der Waals surface area contributed by atoms with Crippen LogP contribution in [0.25, 0.3) is 0 Å². The van der Waals surface area contributed by atoms with Gasteiger partial charge >= 0.3 is 0 Å². The van der Waals surface area contributed by atoms with Gasteiger partial charge in [0.1, 0.15) is 5.82 Å². The number of likely N-dealkylation sites (tertiary alicyclic amines) is 1. The van der Waals surface area contributed by atoms with E-state index in [-0.39, 0.29) is 17.6 Å². The summed E-state index contributed by atoms with van der Waals surface area (Å²) in [6.07, 6.45) is 0.624. The molecule has 0 bridgehead atoms. The number of benzene rings is 1. The predicted molar refractivity (Wildman–Crippen MR) is 78.4 cm³/mol. The van der Waals surface area contributed by atoms with E-state index in [9.17, 15) is 14.0 Å². The summed E-state index contributed by atoms with van der Waals surface area (Å²) < 4.78 is 13.6. The van der Waals surface area contributed by atoms with Gasteiger partial charge in [-0.05, 0) is 44.9 Å². The van der Waals surface area contributed by atoms with Gasteiger partial charge in [-0.1, -0.05) is 6.07 Å². The van der Waals surface area contributed by atoms with Crippen LogP contribution in [0, 0.1) is 18.2 Å². The molecule has 2 rings (SSSR count). The molecule has 2 amide bonds. The van der Waals surface area contributed by atoms with Crippen molar-refractivity contribution in [3.63, 3.8) is 0 Å². The molecule has 1 unspecified atom stereocenters. The average Bonchev–Trinajstić information content (AvgIpc) is 2.85. The highest BCUT2D eigenvalue weighted by atomic mass is 19.1. The van der Waals surface area contributed by atoms with Crippen LogP contribution in [0.4, 0.5) is 4.39 Å². The van der Waals surface area contributed by atoms with E-state index in [4.69, 9.17) is 0 Å². The standard InChI is InChI=1S/C16H21FN2O2/c1-4-18-15(21)16(3)7-8-19(10-16)14(20)12-6-5-11(2)13(17)9-12/h5-6,9H,4,7-8,10H2,1-3H3,(H,18,21). The van der Waals surface area contributed by atoms with Crippen molar-refractivity contribution < 1.29 is 14.0 Å². The maximum absolute atomic E-state index is 13.6. The quantitative estimate of drug-likeness (QED) is 0.927. The smallest absolute Gasteiger partial charge is 0.253 e. The molecule has 1 N–H and O–H groups in total. The van der Waals surface area contributed by atoms with E-state index in [1.54, 1.807) is 24.0 Å². The maximum atomic E-state index is 13.6. The van der Waals surface area contributed by atoms with Gasteiger partial charge in [0.15, 0.2) is 0 Å². The van der Waals surface area contributed by atoms with Gasteiger partial charge in [-0.3, -0.25) is 9.59 Å². The summed E-state index contributed by atoms with van der Waals surface area (Å²) in [6.45, 7) is 6.85. The van der Waals surface area contributed by atoms with Gasteiger partial charge in [0.2, 0.25) is 5.91 Å². The van der Waals surface area contributed by atoms with E-state index in [1.165, 1.54) is 6.07 Å². The molecule has 1 aromatic carbocycles. The number of nitrogens with one attached hydrogen (secondary N) is 1. The van der Waals surface area contributed by atoms with Crippen LogP contribution < -0.4 is 5.32 Å². The van der Waals surface area contributed by atoms with Gasteiger partial charge in [0.05, 0.1) is 5.41 Å². The summed E-state index contributed by atoms with van der Waals surface area (Å²) in [5.74, 6) is -0.635. The third-order valence-corrected chi connectivity index (χ3v) is 4.06. The first-order chi connectivity index (χ1) is 9.87. The Kier molecular flexibility index (Phi) is 4.30. The zero-order valence-corrected chi connectivity index (χ0v) is 12.7. The van der Waals surface area contributed by atoms with E-state index < -0.39 is 5.41 Å². The molecule has 1 saturated heterocycles. The summed E-state index contributed by atoms with van der Waals surface area (Å²) in [7, 11) is 0. The molecule has 21 heavy (non-hydrogen) atoms. The molecule has 0 radical (unpaired) electrons. The normalized spacial score (nSPS) is 21.4. The molecule has 0 aliphatic carbocycles. The monoisotopic (exact) mass is 292 g/mol. The second kappa shape index (κ2) is 5.84. The van der Waals surface area contributed by atoms with Crippen LogP contribution in [0.5, 0.6) is 0 Å². The molecule has 1 heterocycles. The first-order valence-corrected chi connectivity index (χ1v) is 7.21. The molecule has 114 valence electrons. The minimum atomic E-state index is -0.561. The van der Waals surface area contributed by atoms with Crippen LogP contribution in [0.2, 0.25) is 0 Å². The summed E-state index contributed by atoms with van der Waals surface area (Å²) in [5, 5.41) is 2.81. The Hall–Kier alpha value is -1.91. The molecule has 0 spiro atoms. The number of nitrogens with zero attached hydrogens (tertiary/aromatic N) is 1. The summed E-state index contributed by atoms with van der Waals surface area (Å²) in [5.41, 5.74) is 0.285. The van der Waals surface area contributed by atoms with Gasteiger partial charge in [-0.2, -0.15) is 0 Å². The van der Waals surface area contributed by atoms with E-state index in [1.807, 2.05) is 13.8 Å². The molecule has 1 atom stereocenters. The minimum absolute atomic E-state index is 0.0320. The Labute approximate surface area is 124 Å². The zero-order chi connectivity index (χ0) is 15.6. The lowest BCUT2D eigenvalue weighted by molar-refractivity contribution is -0.129. The van der Waals surface area contributed by atoms with Crippen molar-refractivity contribution in [2.45, 2.75) is 27.2 Å². The van der Waals surface area contributed by atoms with Gasteiger partial charge in [-0.15, -0.1) is 0 Å². The number of rotatable bonds is 3. The Morgan fingerprint density at radius 3 is 2.76 bits per heavy atom. The third-order valence-electron chi connectivity index (χ3n) is 4.06. The summed E-state index contributed by atoms with van der Waals surface area (Å²) in [6, 6.07) is 4.49. The molecular weight excluding hydrogens is 271 g/mol. The summed E-state index contributed by atoms with van der Waals surface area (Å²) >= 11 is 0. The number of halogens is 1. The van der Waals surface area contributed by atoms with Crippen molar-refractivity contribution >= 4 is 11.8 Å². The van der Waals surface area contributed by atoms with Gasteiger partial charge in [-0.25, -0.2) is 4.39 Å². The number of aryl methyl sites for hydroxylation is 1.